The average molecular weight is 392 g/mol. The minimum Gasteiger partial charge on any atom is -0.207 e. The van der Waals surface area contributed by atoms with Gasteiger partial charge in [-0.1, -0.05) is 74.1 Å². The third-order valence-corrected chi connectivity index (χ3v) is 6.08. The molecule has 0 saturated heterocycles. The van der Waals surface area contributed by atoms with Crippen molar-refractivity contribution in [2.24, 2.45) is 0 Å². The molecule has 6 heteroatoms. The fourth-order valence-electron chi connectivity index (χ4n) is 2.16. The minimum absolute atomic E-state index is 0.206. The first kappa shape index (κ1) is 19.7. The lowest BCUT2D eigenvalue weighted by atomic mass is 10.1. The van der Waals surface area contributed by atoms with E-state index in [4.69, 9.17) is 11.6 Å². The van der Waals surface area contributed by atoms with Crippen molar-refractivity contribution in [3.63, 3.8) is 0 Å². The second kappa shape index (κ2) is 8.20. The van der Waals surface area contributed by atoms with Crippen LogP contribution in [-0.2, 0) is 10.0 Å². The molecule has 2 aromatic rings. The third kappa shape index (κ3) is 6.01. The standard InChI is InChI=1S/C19H22ClNO2SSi/c1-25(2,3)15-14-18(20)19(16-10-6-4-7-11-16)21-24(22,23)17-12-8-5-9-13-17/h4-13,18-19,21H,1-3H3/t18-,19-/m0/s1. The second-order valence-corrected chi connectivity index (χ2v) is 13.7. The van der Waals surface area contributed by atoms with Gasteiger partial charge in [0.15, 0.2) is 0 Å². The number of alkyl halides is 1. The number of benzene rings is 2. The van der Waals surface area contributed by atoms with Crippen molar-refractivity contribution in [2.45, 2.75) is 36.0 Å². The number of halogens is 1. The number of rotatable bonds is 5. The van der Waals surface area contributed by atoms with Crippen LogP contribution in [0.25, 0.3) is 0 Å². The lowest BCUT2D eigenvalue weighted by Gasteiger charge is -2.21. The molecule has 0 amide bonds. The van der Waals surface area contributed by atoms with E-state index in [1.54, 1.807) is 30.3 Å². The molecule has 3 nitrogen and oxygen atoms in total. The van der Waals surface area contributed by atoms with Crippen LogP contribution in [0.1, 0.15) is 11.6 Å². The van der Waals surface area contributed by atoms with Gasteiger partial charge in [0.2, 0.25) is 10.0 Å². The SMILES string of the molecule is C[Si](C)(C)C#C[C@H](Cl)[C@@H](NS(=O)(=O)c1ccccc1)c1ccccc1. The fraction of sp³-hybridized carbons (Fsp3) is 0.263. The Bertz CT molecular complexity index is 853. The largest absolute Gasteiger partial charge is 0.241 e. The zero-order valence-electron chi connectivity index (χ0n) is 14.5. The van der Waals surface area contributed by atoms with Gasteiger partial charge in [-0.15, -0.1) is 17.1 Å². The lowest BCUT2D eigenvalue weighted by molar-refractivity contribution is 0.560. The van der Waals surface area contributed by atoms with Crippen LogP contribution < -0.4 is 4.72 Å². The molecular weight excluding hydrogens is 370 g/mol. The second-order valence-electron chi connectivity index (χ2n) is 6.74. The van der Waals surface area contributed by atoms with Gasteiger partial charge in [0.1, 0.15) is 13.5 Å². The van der Waals surface area contributed by atoms with E-state index in [1.165, 1.54) is 0 Å². The van der Waals surface area contributed by atoms with E-state index in [9.17, 15) is 8.42 Å². The maximum absolute atomic E-state index is 12.7. The normalized spacial score (nSPS) is 14.2. The van der Waals surface area contributed by atoms with Crippen LogP contribution in [0.2, 0.25) is 19.6 Å². The summed E-state index contributed by atoms with van der Waals surface area (Å²) in [6.45, 7) is 6.36. The van der Waals surface area contributed by atoms with Gasteiger partial charge in [0, 0.05) is 0 Å². The van der Waals surface area contributed by atoms with Crippen molar-refractivity contribution < 1.29 is 8.42 Å². The fourth-order valence-corrected chi connectivity index (χ4v) is 4.44. The summed E-state index contributed by atoms with van der Waals surface area (Å²) in [4.78, 5) is 0.206. The van der Waals surface area contributed by atoms with Crippen LogP contribution >= 0.6 is 11.6 Å². The van der Waals surface area contributed by atoms with E-state index in [-0.39, 0.29) is 4.90 Å². The van der Waals surface area contributed by atoms with Gasteiger partial charge in [0.25, 0.3) is 0 Å². The Hall–Kier alpha value is -1.58. The highest BCUT2D eigenvalue weighted by Gasteiger charge is 2.26. The zero-order chi connectivity index (χ0) is 18.5. The summed E-state index contributed by atoms with van der Waals surface area (Å²) in [5.41, 5.74) is 4.00. The molecule has 2 atom stereocenters. The van der Waals surface area contributed by atoms with Crippen molar-refractivity contribution in [2.75, 3.05) is 0 Å². The van der Waals surface area contributed by atoms with Crippen LogP contribution in [0, 0.1) is 11.5 Å². The van der Waals surface area contributed by atoms with Crippen molar-refractivity contribution in [1.82, 2.24) is 4.72 Å². The monoisotopic (exact) mass is 391 g/mol. The van der Waals surface area contributed by atoms with Crippen molar-refractivity contribution in [1.29, 1.82) is 0 Å². The van der Waals surface area contributed by atoms with E-state index < -0.39 is 29.5 Å². The highest BCUT2D eigenvalue weighted by molar-refractivity contribution is 7.89. The molecule has 132 valence electrons. The summed E-state index contributed by atoms with van der Waals surface area (Å²) < 4.78 is 28.1. The van der Waals surface area contributed by atoms with Gasteiger partial charge in [-0.05, 0) is 17.7 Å². The van der Waals surface area contributed by atoms with E-state index in [0.717, 1.165) is 5.56 Å². The molecule has 0 aliphatic carbocycles. The average Bonchev–Trinajstić information content (AvgIpc) is 2.58. The number of nitrogens with one attached hydrogen (secondary N) is 1. The number of hydrogen-bond acceptors (Lipinski definition) is 2. The summed E-state index contributed by atoms with van der Waals surface area (Å²) in [5.74, 6) is 3.05. The Kier molecular flexibility index (Phi) is 6.47. The topological polar surface area (TPSA) is 46.2 Å². The molecule has 0 fully saturated rings. The van der Waals surface area contributed by atoms with Crippen LogP contribution in [0.4, 0.5) is 0 Å². The Labute approximate surface area is 156 Å². The van der Waals surface area contributed by atoms with Crippen LogP contribution in [-0.4, -0.2) is 21.9 Å². The van der Waals surface area contributed by atoms with E-state index in [0.29, 0.717) is 0 Å². The quantitative estimate of drug-likeness (QED) is 0.471. The summed E-state index contributed by atoms with van der Waals surface area (Å²) >= 11 is 6.50. The van der Waals surface area contributed by atoms with Gasteiger partial charge in [0.05, 0.1) is 10.9 Å². The van der Waals surface area contributed by atoms with Crippen molar-refractivity contribution in [3.8, 4) is 11.5 Å². The molecule has 0 unspecified atom stereocenters. The molecule has 0 aliphatic rings. The van der Waals surface area contributed by atoms with Gasteiger partial charge < -0.3 is 0 Å². The Balaban J connectivity index is 2.37. The molecule has 25 heavy (non-hydrogen) atoms. The maximum atomic E-state index is 12.7. The number of sulfonamides is 1. The summed E-state index contributed by atoms with van der Waals surface area (Å²) in [7, 11) is -5.31. The molecule has 0 aromatic heterocycles. The molecule has 0 saturated carbocycles. The smallest absolute Gasteiger partial charge is 0.207 e. The van der Waals surface area contributed by atoms with Crippen molar-refractivity contribution in [3.05, 3.63) is 66.2 Å². The predicted molar refractivity (Wildman–Crippen MR) is 107 cm³/mol. The van der Waals surface area contributed by atoms with Gasteiger partial charge in [-0.25, -0.2) is 13.1 Å². The molecule has 1 N–H and O–H groups in total. The maximum Gasteiger partial charge on any atom is 0.241 e. The van der Waals surface area contributed by atoms with Crippen LogP contribution in [0.15, 0.2) is 65.6 Å². The van der Waals surface area contributed by atoms with Crippen molar-refractivity contribution >= 4 is 29.7 Å². The molecule has 0 heterocycles. The molecular formula is C19H22ClNO2SSi. The highest BCUT2D eigenvalue weighted by atomic mass is 35.5. The van der Waals surface area contributed by atoms with E-state index in [1.807, 2.05) is 30.3 Å². The van der Waals surface area contributed by atoms with Crippen LogP contribution in [0.3, 0.4) is 0 Å². The Morgan fingerprint density at radius 2 is 1.48 bits per heavy atom. The molecule has 2 rings (SSSR count). The first-order valence-electron chi connectivity index (χ1n) is 7.98. The lowest BCUT2D eigenvalue weighted by Crippen LogP contribution is -2.34. The van der Waals surface area contributed by atoms with Gasteiger partial charge in [-0.3, -0.25) is 0 Å². The van der Waals surface area contributed by atoms with Crippen LogP contribution in [0.5, 0.6) is 0 Å². The summed E-state index contributed by atoms with van der Waals surface area (Å²) in [5, 5.41) is -0.660. The van der Waals surface area contributed by atoms with Gasteiger partial charge in [-0.2, -0.15) is 0 Å². The summed E-state index contributed by atoms with van der Waals surface area (Å²) in [6, 6.07) is 16.9. The van der Waals surface area contributed by atoms with E-state index in [2.05, 4.69) is 35.8 Å². The van der Waals surface area contributed by atoms with E-state index >= 15 is 0 Å². The first-order valence-corrected chi connectivity index (χ1v) is 13.4. The molecule has 0 radical (unpaired) electrons. The highest BCUT2D eigenvalue weighted by Crippen LogP contribution is 2.24. The third-order valence-electron chi connectivity index (χ3n) is 3.37. The molecule has 2 aromatic carbocycles. The Morgan fingerprint density at radius 3 is 2.00 bits per heavy atom. The molecule has 0 spiro atoms. The first-order chi connectivity index (χ1) is 11.7. The Morgan fingerprint density at radius 1 is 0.960 bits per heavy atom. The predicted octanol–water partition coefficient (Wildman–Crippen LogP) is 4.19. The van der Waals surface area contributed by atoms with Gasteiger partial charge >= 0.3 is 0 Å². The zero-order valence-corrected chi connectivity index (χ0v) is 17.1. The minimum atomic E-state index is -3.70. The molecule has 0 aliphatic heterocycles. The summed E-state index contributed by atoms with van der Waals surface area (Å²) in [6.07, 6.45) is 0. The molecule has 0 bridgehead atoms. The number of hydrogen-bond donors (Lipinski definition) is 1.